The molecule has 0 saturated carbocycles. The van der Waals surface area contributed by atoms with Crippen molar-refractivity contribution in [1.82, 2.24) is 5.16 Å². The third-order valence-electron chi connectivity index (χ3n) is 4.36. The number of hydrogen-bond donors (Lipinski definition) is 2. The number of nitrogens with one attached hydrogen (secondary N) is 2. The summed E-state index contributed by atoms with van der Waals surface area (Å²) < 4.78 is 59.4. The van der Waals surface area contributed by atoms with Crippen LogP contribution in [0.15, 0.2) is 57.9 Å². The normalized spacial score (nSPS) is 11.8. The lowest BCUT2D eigenvalue weighted by Gasteiger charge is -2.10. The Morgan fingerprint density at radius 3 is 2.23 bits per heavy atom. The molecule has 0 amide bonds. The third-order valence-corrected chi connectivity index (χ3v) is 6.94. The van der Waals surface area contributed by atoms with Gasteiger partial charge in [-0.2, -0.15) is 0 Å². The van der Waals surface area contributed by atoms with Gasteiger partial charge >= 0.3 is 0 Å². The van der Waals surface area contributed by atoms with E-state index < -0.39 is 30.7 Å². The van der Waals surface area contributed by atoms with Gasteiger partial charge in [-0.05, 0) is 38.1 Å². The van der Waals surface area contributed by atoms with Crippen LogP contribution in [0, 0.1) is 24.0 Å². The van der Waals surface area contributed by atoms with E-state index in [9.17, 15) is 26.9 Å². The van der Waals surface area contributed by atoms with Gasteiger partial charge in [0, 0.05) is 22.9 Å². The number of nitro benzene ring substituents is 1. The number of benzene rings is 2. The molecule has 11 nitrogen and oxygen atoms in total. The van der Waals surface area contributed by atoms with Crippen LogP contribution in [-0.2, 0) is 25.8 Å². The van der Waals surface area contributed by atoms with Crippen LogP contribution in [0.4, 0.5) is 17.3 Å². The van der Waals surface area contributed by atoms with E-state index in [2.05, 4.69) is 14.6 Å². The Morgan fingerprint density at radius 1 is 1.00 bits per heavy atom. The molecule has 164 valence electrons. The number of nitro groups is 1. The molecular formula is C18H18N4O7S2. The number of para-hydroxylation sites is 1. The second-order valence-electron chi connectivity index (χ2n) is 6.60. The summed E-state index contributed by atoms with van der Waals surface area (Å²) in [6.45, 7) is 3.32. The quantitative estimate of drug-likeness (QED) is 0.378. The molecule has 0 aliphatic heterocycles. The van der Waals surface area contributed by atoms with Gasteiger partial charge in [0.2, 0.25) is 15.9 Å². The number of rotatable bonds is 8. The van der Waals surface area contributed by atoms with E-state index in [4.69, 9.17) is 4.52 Å². The summed E-state index contributed by atoms with van der Waals surface area (Å²) >= 11 is 0. The van der Waals surface area contributed by atoms with E-state index in [1.165, 1.54) is 48.5 Å². The fraction of sp³-hybridized carbons (Fsp3) is 0.167. The van der Waals surface area contributed by atoms with Crippen molar-refractivity contribution < 1.29 is 26.3 Å². The molecule has 0 aliphatic carbocycles. The lowest BCUT2D eigenvalue weighted by molar-refractivity contribution is -0.385. The van der Waals surface area contributed by atoms with Crippen molar-refractivity contribution in [3.8, 4) is 0 Å². The Kier molecular flexibility index (Phi) is 5.99. The standard InChI is InChI=1S/C18H18N4O7S2/c1-12-13(2)19-29-18(12)21-31(27,28)16-9-7-15(8-10-16)20-30(25,26)11-14-5-3-4-6-17(14)22(23)24/h3-10,20-21H,11H2,1-2H3. The first-order chi connectivity index (χ1) is 14.5. The van der Waals surface area contributed by atoms with Crippen molar-refractivity contribution in [2.75, 3.05) is 9.44 Å². The van der Waals surface area contributed by atoms with Crippen LogP contribution in [0.5, 0.6) is 0 Å². The van der Waals surface area contributed by atoms with Crippen LogP contribution in [0.1, 0.15) is 16.8 Å². The first kappa shape index (κ1) is 22.2. The molecular weight excluding hydrogens is 448 g/mol. The summed E-state index contributed by atoms with van der Waals surface area (Å²) in [6.07, 6.45) is 0. The maximum absolute atomic E-state index is 12.5. The second-order valence-corrected chi connectivity index (χ2v) is 10.0. The minimum Gasteiger partial charge on any atom is -0.337 e. The zero-order chi connectivity index (χ0) is 22.8. The van der Waals surface area contributed by atoms with Crippen LogP contribution >= 0.6 is 0 Å². The summed E-state index contributed by atoms with van der Waals surface area (Å²) in [5.74, 6) is -0.623. The van der Waals surface area contributed by atoms with Gasteiger partial charge in [-0.3, -0.25) is 14.8 Å². The molecule has 0 unspecified atom stereocenters. The Morgan fingerprint density at radius 2 is 1.65 bits per heavy atom. The molecule has 1 aromatic heterocycles. The first-order valence-corrected chi connectivity index (χ1v) is 11.9. The molecule has 2 N–H and O–H groups in total. The highest BCUT2D eigenvalue weighted by Gasteiger charge is 2.21. The molecule has 0 atom stereocenters. The van der Waals surface area contributed by atoms with Crippen LogP contribution < -0.4 is 9.44 Å². The molecule has 2 aromatic carbocycles. The number of aromatic nitrogens is 1. The molecule has 0 radical (unpaired) electrons. The smallest absolute Gasteiger partial charge is 0.273 e. The number of anilines is 2. The van der Waals surface area contributed by atoms with Crippen molar-refractivity contribution in [1.29, 1.82) is 0 Å². The van der Waals surface area contributed by atoms with Crippen molar-refractivity contribution in [2.45, 2.75) is 24.5 Å². The fourth-order valence-electron chi connectivity index (χ4n) is 2.62. The second kappa shape index (κ2) is 8.35. The maximum atomic E-state index is 12.5. The first-order valence-electron chi connectivity index (χ1n) is 8.77. The monoisotopic (exact) mass is 466 g/mol. The van der Waals surface area contributed by atoms with Gasteiger partial charge in [-0.1, -0.05) is 23.4 Å². The van der Waals surface area contributed by atoms with E-state index in [-0.39, 0.29) is 27.7 Å². The van der Waals surface area contributed by atoms with Gasteiger partial charge in [0.1, 0.15) is 5.75 Å². The fourth-order valence-corrected chi connectivity index (χ4v) is 4.89. The zero-order valence-electron chi connectivity index (χ0n) is 16.4. The predicted molar refractivity (Wildman–Crippen MR) is 113 cm³/mol. The number of aryl methyl sites for hydroxylation is 1. The molecule has 0 spiro atoms. The lowest BCUT2D eigenvalue weighted by atomic mass is 10.2. The largest absolute Gasteiger partial charge is 0.337 e. The molecule has 13 heteroatoms. The predicted octanol–water partition coefficient (Wildman–Crippen LogP) is 2.94. The topological polar surface area (TPSA) is 162 Å². The van der Waals surface area contributed by atoms with Gasteiger partial charge in [-0.15, -0.1) is 0 Å². The van der Waals surface area contributed by atoms with Crippen LogP contribution in [0.2, 0.25) is 0 Å². The summed E-state index contributed by atoms with van der Waals surface area (Å²) in [7, 11) is -7.97. The molecule has 0 bridgehead atoms. The Bertz CT molecular complexity index is 1330. The van der Waals surface area contributed by atoms with Crippen molar-refractivity contribution in [3.05, 3.63) is 75.5 Å². The number of sulfonamides is 2. The van der Waals surface area contributed by atoms with E-state index in [0.29, 0.717) is 11.3 Å². The molecule has 31 heavy (non-hydrogen) atoms. The molecule has 1 heterocycles. The summed E-state index contributed by atoms with van der Waals surface area (Å²) in [4.78, 5) is 10.3. The van der Waals surface area contributed by atoms with Gasteiger partial charge in [0.05, 0.1) is 15.5 Å². The molecule has 3 aromatic rings. The zero-order valence-corrected chi connectivity index (χ0v) is 18.0. The number of nitrogens with zero attached hydrogens (tertiary/aromatic N) is 2. The lowest BCUT2D eigenvalue weighted by Crippen LogP contribution is -2.16. The van der Waals surface area contributed by atoms with E-state index in [1.54, 1.807) is 13.8 Å². The van der Waals surface area contributed by atoms with E-state index >= 15 is 0 Å². The van der Waals surface area contributed by atoms with E-state index in [1.807, 2.05) is 0 Å². The molecule has 0 fully saturated rings. The Labute approximate surface area is 178 Å². The summed E-state index contributed by atoms with van der Waals surface area (Å²) in [5, 5.41) is 14.7. The average molecular weight is 466 g/mol. The molecule has 0 aliphatic rings. The van der Waals surface area contributed by atoms with Crippen LogP contribution in [0.3, 0.4) is 0 Å². The highest BCUT2D eigenvalue weighted by molar-refractivity contribution is 7.92. The third kappa shape index (κ3) is 5.19. The van der Waals surface area contributed by atoms with Gasteiger partial charge in [0.15, 0.2) is 0 Å². The minimum absolute atomic E-state index is 0.00765. The van der Waals surface area contributed by atoms with Crippen molar-refractivity contribution in [3.63, 3.8) is 0 Å². The van der Waals surface area contributed by atoms with Gasteiger partial charge < -0.3 is 4.52 Å². The van der Waals surface area contributed by atoms with Gasteiger partial charge in [0.25, 0.3) is 15.7 Å². The summed E-state index contributed by atoms with van der Waals surface area (Å²) in [6, 6.07) is 10.5. The maximum Gasteiger partial charge on any atom is 0.273 e. The minimum atomic E-state index is -3.99. The number of hydrogen-bond acceptors (Lipinski definition) is 8. The van der Waals surface area contributed by atoms with Crippen LogP contribution in [0.25, 0.3) is 0 Å². The Balaban J connectivity index is 1.75. The van der Waals surface area contributed by atoms with Crippen molar-refractivity contribution >= 4 is 37.3 Å². The highest BCUT2D eigenvalue weighted by atomic mass is 32.2. The molecule has 3 rings (SSSR count). The van der Waals surface area contributed by atoms with Crippen molar-refractivity contribution in [2.24, 2.45) is 0 Å². The molecule has 0 saturated heterocycles. The highest BCUT2D eigenvalue weighted by Crippen LogP contribution is 2.24. The SMILES string of the molecule is Cc1noc(NS(=O)(=O)c2ccc(NS(=O)(=O)Cc3ccccc3[N+](=O)[O-])cc2)c1C. The average Bonchev–Trinajstić information content (AvgIpc) is 2.99. The van der Waals surface area contributed by atoms with Gasteiger partial charge in [-0.25, -0.2) is 21.6 Å². The Hall–Kier alpha value is -3.45. The van der Waals surface area contributed by atoms with E-state index in [0.717, 1.165) is 0 Å². The van der Waals surface area contributed by atoms with Crippen LogP contribution in [-0.4, -0.2) is 26.9 Å². The summed E-state index contributed by atoms with van der Waals surface area (Å²) in [5.41, 5.74) is 0.910.